The van der Waals surface area contributed by atoms with Crippen molar-refractivity contribution in [2.75, 3.05) is 33.9 Å². The van der Waals surface area contributed by atoms with Crippen LogP contribution in [0.3, 0.4) is 0 Å². The van der Waals surface area contributed by atoms with E-state index in [2.05, 4.69) is 22.1 Å². The number of hydrogen-bond donors (Lipinski definition) is 0. The summed E-state index contributed by atoms with van der Waals surface area (Å²) in [4.78, 5) is 18.3. The fourth-order valence-electron chi connectivity index (χ4n) is 4.27. The van der Waals surface area contributed by atoms with Gasteiger partial charge in [0, 0.05) is 44.9 Å². The van der Waals surface area contributed by atoms with Crippen LogP contribution in [0.15, 0.2) is 47.8 Å². The first-order valence-corrected chi connectivity index (χ1v) is 11.9. The summed E-state index contributed by atoms with van der Waals surface area (Å²) in [6.45, 7) is 3.64. The number of carbonyl (C=O) groups excluding carboxylic acids is 1. The molecule has 0 N–H and O–H groups in total. The summed E-state index contributed by atoms with van der Waals surface area (Å²) in [5.74, 6) is -1.01. The molecule has 2 unspecified atom stereocenters. The van der Waals surface area contributed by atoms with Crippen molar-refractivity contribution in [1.82, 2.24) is 24.7 Å². The van der Waals surface area contributed by atoms with Gasteiger partial charge in [0.15, 0.2) is 0 Å². The van der Waals surface area contributed by atoms with Gasteiger partial charge >= 0.3 is 6.08 Å². The molecular weight excluding hydrogens is 490 g/mol. The van der Waals surface area contributed by atoms with Crippen LogP contribution >= 0.6 is 11.6 Å². The lowest BCUT2D eigenvalue weighted by atomic mass is 9.98. The zero-order chi connectivity index (χ0) is 25.8. The van der Waals surface area contributed by atoms with E-state index in [4.69, 9.17) is 16.3 Å². The topological polar surface area (TPSA) is 75.8 Å². The largest absolute Gasteiger partial charge is 0.382 e. The fourth-order valence-corrected chi connectivity index (χ4v) is 4.46. The minimum Gasteiger partial charge on any atom is -0.382 e. The quantitative estimate of drug-likeness (QED) is 0.420. The van der Waals surface area contributed by atoms with E-state index in [1.807, 2.05) is 5.01 Å². The summed E-state index contributed by atoms with van der Waals surface area (Å²) in [6, 6.07) is 8.90. The first kappa shape index (κ1) is 25.7. The van der Waals surface area contributed by atoms with Crippen molar-refractivity contribution in [3.05, 3.63) is 76.3 Å². The van der Waals surface area contributed by atoms with Gasteiger partial charge in [-0.2, -0.15) is 24.3 Å². The monoisotopic (exact) mass is 516 g/mol. The standard InChI is InChI=1S/C25H27ClF2N6O2/c1-4-9-33-13-18(12-30-33)19-7-5-17(10-21(19)27)24(35)32(2)23(14-36-3)16-6-8-20(26)22(11-16)34-25(28)29-15-31-34/h5-8,10-12,15,18,23H,4,9,13-14H2,1-3H3. The maximum absolute atomic E-state index is 15.1. The van der Waals surface area contributed by atoms with E-state index in [1.54, 1.807) is 43.6 Å². The van der Waals surface area contributed by atoms with Crippen LogP contribution in [-0.2, 0) is 4.74 Å². The molecule has 1 amide bonds. The average molecular weight is 517 g/mol. The number of aromatic nitrogens is 3. The molecule has 1 aliphatic rings. The Bertz CT molecular complexity index is 1270. The van der Waals surface area contributed by atoms with Crippen molar-refractivity contribution in [3.63, 3.8) is 0 Å². The lowest BCUT2D eigenvalue weighted by Crippen LogP contribution is -2.34. The van der Waals surface area contributed by atoms with Crippen molar-refractivity contribution in [2.45, 2.75) is 25.3 Å². The second kappa shape index (κ2) is 11.1. The Balaban J connectivity index is 1.58. The Kier molecular flexibility index (Phi) is 7.95. The zero-order valence-electron chi connectivity index (χ0n) is 20.2. The number of nitrogens with zero attached hydrogens (tertiary/aromatic N) is 6. The van der Waals surface area contributed by atoms with Gasteiger partial charge in [-0.05, 0) is 41.8 Å². The van der Waals surface area contributed by atoms with Crippen molar-refractivity contribution in [1.29, 1.82) is 0 Å². The fraction of sp³-hybridized carbons (Fsp3) is 0.360. The predicted octanol–water partition coefficient (Wildman–Crippen LogP) is 4.45. The summed E-state index contributed by atoms with van der Waals surface area (Å²) in [5.41, 5.74) is 1.62. The molecule has 11 heteroatoms. The van der Waals surface area contributed by atoms with Gasteiger partial charge in [-0.3, -0.25) is 9.80 Å². The molecule has 0 saturated heterocycles. The van der Waals surface area contributed by atoms with Gasteiger partial charge in [-0.25, -0.2) is 4.39 Å². The van der Waals surface area contributed by atoms with Crippen LogP contribution in [0.5, 0.6) is 0 Å². The average Bonchev–Trinajstić information content (AvgIpc) is 3.51. The summed E-state index contributed by atoms with van der Waals surface area (Å²) >= 11 is 6.27. The Morgan fingerprint density at radius 1 is 1.28 bits per heavy atom. The molecule has 3 aromatic rings. The molecular formula is C25H27ClF2N6O2. The number of carbonyl (C=O) groups is 1. The van der Waals surface area contributed by atoms with E-state index < -0.39 is 23.8 Å². The molecule has 190 valence electrons. The number of rotatable bonds is 9. The van der Waals surface area contributed by atoms with E-state index in [0.717, 1.165) is 24.0 Å². The van der Waals surface area contributed by atoms with Crippen LogP contribution < -0.4 is 0 Å². The van der Waals surface area contributed by atoms with Crippen molar-refractivity contribution in [3.8, 4) is 5.69 Å². The number of benzene rings is 2. The van der Waals surface area contributed by atoms with E-state index >= 15 is 4.39 Å². The lowest BCUT2D eigenvalue weighted by molar-refractivity contribution is 0.0601. The Labute approximate surface area is 213 Å². The van der Waals surface area contributed by atoms with Gasteiger partial charge in [-0.1, -0.05) is 30.7 Å². The third kappa shape index (κ3) is 5.24. The van der Waals surface area contributed by atoms with Gasteiger partial charge in [0.2, 0.25) is 0 Å². The van der Waals surface area contributed by atoms with E-state index in [0.29, 0.717) is 17.7 Å². The Morgan fingerprint density at radius 2 is 2.08 bits per heavy atom. The van der Waals surface area contributed by atoms with Crippen LogP contribution in [0.1, 0.15) is 46.8 Å². The van der Waals surface area contributed by atoms with Gasteiger partial charge in [-0.15, -0.1) is 0 Å². The Hall–Kier alpha value is -3.37. The summed E-state index contributed by atoms with van der Waals surface area (Å²) in [7, 11) is 3.12. The molecule has 0 spiro atoms. The second-order valence-electron chi connectivity index (χ2n) is 8.56. The third-order valence-electron chi connectivity index (χ3n) is 6.15. The number of amides is 1. The molecule has 0 fully saturated rings. The predicted molar refractivity (Wildman–Crippen MR) is 133 cm³/mol. The van der Waals surface area contributed by atoms with Crippen molar-refractivity contribution >= 4 is 23.7 Å². The maximum atomic E-state index is 15.1. The van der Waals surface area contributed by atoms with Crippen LogP contribution in [0.4, 0.5) is 8.78 Å². The SMILES string of the molecule is CCCN1CC(c2ccc(C(=O)N(C)C(COC)c3ccc(Cl)c(-n4ncnc4F)c3)cc2F)C=N1. The number of methoxy groups -OCH3 is 1. The van der Waals surface area contributed by atoms with Crippen LogP contribution in [0.2, 0.25) is 5.02 Å². The molecule has 4 rings (SSSR count). The molecule has 1 aromatic heterocycles. The van der Waals surface area contributed by atoms with Crippen LogP contribution in [-0.4, -0.2) is 70.6 Å². The molecule has 0 bridgehead atoms. The molecule has 0 aliphatic carbocycles. The summed E-state index contributed by atoms with van der Waals surface area (Å²) < 4.78 is 35.4. The molecule has 0 radical (unpaired) electrons. The highest BCUT2D eigenvalue weighted by Crippen LogP contribution is 2.29. The number of hydrogen-bond acceptors (Lipinski definition) is 6. The lowest BCUT2D eigenvalue weighted by Gasteiger charge is -2.29. The third-order valence-corrected chi connectivity index (χ3v) is 6.47. The second-order valence-corrected chi connectivity index (χ2v) is 8.97. The van der Waals surface area contributed by atoms with Crippen molar-refractivity contribution in [2.24, 2.45) is 5.10 Å². The number of halogens is 3. The summed E-state index contributed by atoms with van der Waals surface area (Å²) in [5, 5.41) is 10.4. The van der Waals surface area contributed by atoms with E-state index in [-0.39, 0.29) is 28.8 Å². The van der Waals surface area contributed by atoms with Crippen LogP contribution in [0, 0.1) is 11.9 Å². The van der Waals surface area contributed by atoms with E-state index in [1.165, 1.54) is 18.1 Å². The minimum absolute atomic E-state index is 0.148. The van der Waals surface area contributed by atoms with E-state index in [9.17, 15) is 9.18 Å². The first-order valence-electron chi connectivity index (χ1n) is 11.5. The van der Waals surface area contributed by atoms with Gasteiger partial charge in [0.25, 0.3) is 5.91 Å². The smallest absolute Gasteiger partial charge is 0.311 e. The van der Waals surface area contributed by atoms with Gasteiger partial charge < -0.3 is 9.64 Å². The molecule has 36 heavy (non-hydrogen) atoms. The number of likely N-dealkylation sites (N-methyl/N-ethyl adjacent to an activating group) is 1. The Morgan fingerprint density at radius 3 is 2.75 bits per heavy atom. The molecule has 2 aromatic carbocycles. The van der Waals surface area contributed by atoms with Gasteiger partial charge in [0.05, 0.1) is 23.4 Å². The zero-order valence-corrected chi connectivity index (χ0v) is 21.0. The first-order chi connectivity index (χ1) is 17.3. The highest BCUT2D eigenvalue weighted by molar-refractivity contribution is 6.32. The molecule has 1 aliphatic heterocycles. The summed E-state index contributed by atoms with van der Waals surface area (Å²) in [6.07, 6.45) is 2.96. The number of ether oxygens (including phenoxy) is 1. The number of hydrazone groups is 1. The van der Waals surface area contributed by atoms with Gasteiger partial charge in [0.1, 0.15) is 12.1 Å². The van der Waals surface area contributed by atoms with Crippen LogP contribution in [0.25, 0.3) is 5.69 Å². The maximum Gasteiger partial charge on any atom is 0.311 e. The molecule has 2 atom stereocenters. The van der Waals surface area contributed by atoms with Crippen molar-refractivity contribution < 1.29 is 18.3 Å². The molecule has 0 saturated carbocycles. The normalized spacial score (nSPS) is 15.9. The highest BCUT2D eigenvalue weighted by Gasteiger charge is 2.27. The minimum atomic E-state index is -0.817. The molecule has 2 heterocycles. The highest BCUT2D eigenvalue weighted by atomic mass is 35.5. The molecule has 8 nitrogen and oxygen atoms in total.